The Morgan fingerprint density at radius 1 is 1.16 bits per heavy atom. The molecular formula is C29H30N4O3S2. The van der Waals surface area contributed by atoms with E-state index in [1.807, 2.05) is 54.1 Å². The van der Waals surface area contributed by atoms with Crippen LogP contribution in [-0.2, 0) is 14.3 Å². The van der Waals surface area contributed by atoms with Crippen LogP contribution in [0.5, 0.6) is 0 Å². The fourth-order valence-electron chi connectivity index (χ4n) is 4.72. The molecule has 0 unspecified atom stereocenters. The van der Waals surface area contributed by atoms with Crippen molar-refractivity contribution in [1.29, 1.82) is 0 Å². The highest BCUT2D eigenvalue weighted by Crippen LogP contribution is 2.49. The lowest BCUT2D eigenvalue weighted by Gasteiger charge is -2.23. The van der Waals surface area contributed by atoms with Crippen LogP contribution < -0.4 is 10.2 Å². The van der Waals surface area contributed by atoms with Crippen molar-refractivity contribution in [1.82, 2.24) is 15.1 Å². The summed E-state index contributed by atoms with van der Waals surface area (Å²) in [5, 5.41) is 12.1. The van der Waals surface area contributed by atoms with Crippen molar-refractivity contribution in [2.45, 2.75) is 19.1 Å². The van der Waals surface area contributed by atoms with Crippen LogP contribution in [0.1, 0.15) is 27.5 Å². The van der Waals surface area contributed by atoms with Gasteiger partial charge in [-0.2, -0.15) is 16.4 Å². The summed E-state index contributed by atoms with van der Waals surface area (Å²) in [5.41, 5.74) is 6.90. The van der Waals surface area contributed by atoms with Crippen molar-refractivity contribution in [3.8, 4) is 16.9 Å². The Kier molecular flexibility index (Phi) is 7.97. The molecule has 1 atom stereocenters. The summed E-state index contributed by atoms with van der Waals surface area (Å²) in [4.78, 5) is 28.3. The maximum absolute atomic E-state index is 13.7. The highest BCUT2D eigenvalue weighted by atomic mass is 32.2. The Bertz CT molecular complexity index is 1430. The molecule has 0 aliphatic carbocycles. The van der Waals surface area contributed by atoms with Crippen LogP contribution in [0.2, 0.25) is 0 Å². The van der Waals surface area contributed by atoms with Gasteiger partial charge in [0.15, 0.2) is 0 Å². The molecule has 3 heterocycles. The van der Waals surface area contributed by atoms with E-state index in [0.717, 1.165) is 39.2 Å². The number of nitrogens with one attached hydrogen (secondary N) is 1. The normalized spacial score (nSPS) is 15.3. The molecule has 2 aromatic carbocycles. The summed E-state index contributed by atoms with van der Waals surface area (Å²) in [6.07, 6.45) is 0. The van der Waals surface area contributed by atoms with Crippen LogP contribution in [-0.4, -0.2) is 54.2 Å². The van der Waals surface area contributed by atoms with E-state index in [1.165, 1.54) is 0 Å². The number of amides is 2. The maximum atomic E-state index is 13.7. The van der Waals surface area contributed by atoms with Crippen molar-refractivity contribution in [2.24, 2.45) is 0 Å². The number of aryl methyl sites for hydroxylation is 2. The number of hydrogen-bond donors (Lipinski definition) is 1. The van der Waals surface area contributed by atoms with Gasteiger partial charge in [-0.05, 0) is 47.9 Å². The van der Waals surface area contributed by atoms with E-state index >= 15 is 0 Å². The van der Waals surface area contributed by atoms with E-state index in [-0.39, 0.29) is 29.4 Å². The van der Waals surface area contributed by atoms with Gasteiger partial charge in [0, 0.05) is 24.8 Å². The minimum Gasteiger partial charge on any atom is -0.383 e. The molecule has 4 aromatic rings. The molecule has 38 heavy (non-hydrogen) atoms. The van der Waals surface area contributed by atoms with Crippen LogP contribution in [0.4, 0.5) is 5.82 Å². The lowest BCUT2D eigenvalue weighted by molar-refractivity contribution is -0.123. The molecule has 2 aromatic heterocycles. The summed E-state index contributed by atoms with van der Waals surface area (Å²) in [6, 6.07) is 18.3. The third kappa shape index (κ3) is 5.27. The second-order valence-electron chi connectivity index (χ2n) is 9.22. The number of hydrogen-bond acceptors (Lipinski definition) is 6. The summed E-state index contributed by atoms with van der Waals surface area (Å²) in [6.45, 7) is 4.78. The predicted octanol–water partition coefficient (Wildman–Crippen LogP) is 5.15. The summed E-state index contributed by atoms with van der Waals surface area (Å²) in [5.74, 6) is 0.530. The molecule has 0 bridgehead atoms. The first kappa shape index (κ1) is 26.2. The zero-order valence-corrected chi connectivity index (χ0v) is 23.3. The number of methoxy groups -OCH3 is 1. The topological polar surface area (TPSA) is 76.5 Å². The first-order valence-corrected chi connectivity index (χ1v) is 14.4. The Morgan fingerprint density at radius 3 is 2.68 bits per heavy atom. The van der Waals surface area contributed by atoms with Gasteiger partial charge in [0.1, 0.15) is 12.4 Å². The van der Waals surface area contributed by atoms with E-state index in [9.17, 15) is 9.59 Å². The zero-order chi connectivity index (χ0) is 26.6. The van der Waals surface area contributed by atoms with Gasteiger partial charge >= 0.3 is 0 Å². The number of carbonyl (C=O) groups excluding carboxylic acids is 2. The molecule has 0 saturated heterocycles. The largest absolute Gasteiger partial charge is 0.383 e. The third-order valence-electron chi connectivity index (χ3n) is 6.49. The van der Waals surface area contributed by atoms with Gasteiger partial charge in [0.2, 0.25) is 11.8 Å². The molecule has 1 aliphatic rings. The second-order valence-corrected chi connectivity index (χ2v) is 11.1. The van der Waals surface area contributed by atoms with Crippen molar-refractivity contribution in [2.75, 3.05) is 37.5 Å². The minimum atomic E-state index is -0.241. The number of thioether (sulfide) groups is 1. The average molecular weight is 547 g/mol. The predicted molar refractivity (Wildman–Crippen MR) is 154 cm³/mol. The van der Waals surface area contributed by atoms with E-state index < -0.39 is 0 Å². The van der Waals surface area contributed by atoms with Crippen molar-refractivity contribution in [3.63, 3.8) is 0 Å². The van der Waals surface area contributed by atoms with Gasteiger partial charge < -0.3 is 10.1 Å². The fraction of sp³-hybridized carbons (Fsp3) is 0.276. The highest BCUT2D eigenvalue weighted by Gasteiger charge is 2.38. The molecule has 2 amide bonds. The quantitative estimate of drug-likeness (QED) is 0.310. The van der Waals surface area contributed by atoms with Crippen molar-refractivity contribution in [3.05, 3.63) is 87.6 Å². The zero-order valence-electron chi connectivity index (χ0n) is 21.6. The van der Waals surface area contributed by atoms with Crippen LogP contribution in [0.25, 0.3) is 16.9 Å². The van der Waals surface area contributed by atoms with Crippen LogP contribution in [0, 0.1) is 13.8 Å². The first-order chi connectivity index (χ1) is 18.5. The molecule has 5 rings (SSSR count). The number of aromatic nitrogens is 2. The van der Waals surface area contributed by atoms with Crippen LogP contribution >= 0.6 is 23.1 Å². The molecule has 9 heteroatoms. The molecular weight excluding hydrogens is 516 g/mol. The number of ether oxygens (including phenoxy) is 1. The molecule has 0 fully saturated rings. The number of rotatable bonds is 8. The Hall–Kier alpha value is -3.40. The lowest BCUT2D eigenvalue weighted by Crippen LogP contribution is -2.43. The molecule has 1 N–H and O–H groups in total. The van der Waals surface area contributed by atoms with Crippen molar-refractivity contribution >= 4 is 40.7 Å². The van der Waals surface area contributed by atoms with Crippen LogP contribution in [0.3, 0.4) is 0 Å². The van der Waals surface area contributed by atoms with E-state index in [1.54, 1.807) is 35.1 Å². The summed E-state index contributed by atoms with van der Waals surface area (Å²) in [7, 11) is 1.59. The highest BCUT2D eigenvalue weighted by molar-refractivity contribution is 8.00. The number of fused-ring (bicyclic) bond motifs is 1. The second kappa shape index (κ2) is 11.6. The third-order valence-corrected chi connectivity index (χ3v) is 8.45. The Morgan fingerprint density at radius 2 is 1.97 bits per heavy atom. The monoisotopic (exact) mass is 546 g/mol. The number of benzene rings is 2. The maximum Gasteiger partial charge on any atom is 0.240 e. The number of nitrogens with zero attached hydrogens (tertiary/aromatic N) is 3. The van der Waals surface area contributed by atoms with Gasteiger partial charge in [-0.3, -0.25) is 14.5 Å². The Labute approximate surface area is 230 Å². The molecule has 0 radical (unpaired) electrons. The molecule has 0 spiro atoms. The first-order valence-electron chi connectivity index (χ1n) is 12.4. The lowest BCUT2D eigenvalue weighted by atomic mass is 10.0. The molecule has 1 aliphatic heterocycles. The number of carbonyl (C=O) groups is 2. The fourth-order valence-corrected chi connectivity index (χ4v) is 6.68. The Balaban J connectivity index is 1.75. The van der Waals surface area contributed by atoms with Gasteiger partial charge in [0.05, 0.1) is 29.0 Å². The van der Waals surface area contributed by atoms with Crippen LogP contribution in [0.15, 0.2) is 65.4 Å². The summed E-state index contributed by atoms with van der Waals surface area (Å²) < 4.78 is 6.93. The standard InChI is InChI=1S/C29H30N4O3S2/c1-19-9-10-23(20(2)15-19)33-29-26(27(31-33)21-7-5-4-6-8-21)28(22-11-14-37-17-22)38-18-25(35)32(29)16-24(34)30-12-13-36-3/h4-11,14-15,17,28H,12-13,16,18H2,1-3H3,(H,30,34)/t28-/m0/s1. The minimum absolute atomic E-state index is 0.0999. The summed E-state index contributed by atoms with van der Waals surface area (Å²) >= 11 is 3.21. The number of thiophene rings is 1. The average Bonchev–Trinajstić information content (AvgIpc) is 3.55. The van der Waals surface area contributed by atoms with Gasteiger partial charge in [-0.25, -0.2) is 4.68 Å². The smallest absolute Gasteiger partial charge is 0.240 e. The van der Waals surface area contributed by atoms with E-state index in [2.05, 4.69) is 35.1 Å². The molecule has 0 saturated carbocycles. The van der Waals surface area contributed by atoms with Gasteiger partial charge in [-0.1, -0.05) is 48.0 Å². The number of anilines is 1. The van der Waals surface area contributed by atoms with Gasteiger partial charge in [-0.15, -0.1) is 11.8 Å². The molecule has 7 nitrogen and oxygen atoms in total. The van der Waals surface area contributed by atoms with E-state index in [0.29, 0.717) is 19.0 Å². The van der Waals surface area contributed by atoms with Gasteiger partial charge in [0.25, 0.3) is 0 Å². The van der Waals surface area contributed by atoms with Crippen molar-refractivity contribution < 1.29 is 14.3 Å². The van der Waals surface area contributed by atoms with E-state index in [4.69, 9.17) is 9.84 Å². The SMILES string of the molecule is COCCNC(=O)CN1C(=O)CS[C@@H](c2ccsc2)c2c(-c3ccccc3)nn(-c3ccc(C)cc3C)c21. The molecule has 196 valence electrons.